The molecule has 0 spiro atoms. The molecule has 0 unspecified atom stereocenters. The number of hydrogen-bond donors (Lipinski definition) is 0. The fraction of sp³-hybridized carbons (Fsp3) is 0.215. The monoisotopic (exact) mass is 1090 g/mol. The Labute approximate surface area is 499 Å². The molecule has 0 N–H and O–H groups in total. The van der Waals surface area contributed by atoms with Gasteiger partial charge in [-0.2, -0.15) is 0 Å². The molecule has 10 aromatic rings. The third kappa shape index (κ3) is 9.52. The van der Waals surface area contributed by atoms with Gasteiger partial charge >= 0.3 is 0 Å². The highest BCUT2D eigenvalue weighted by Gasteiger charge is 2.45. The molecule has 418 valence electrons. The number of hydrogen-bond acceptors (Lipinski definition) is 2. The van der Waals surface area contributed by atoms with Gasteiger partial charge in [-0.05, 0) is 137 Å². The van der Waals surface area contributed by atoms with Crippen LogP contribution in [-0.4, -0.2) is 21.9 Å². The van der Waals surface area contributed by atoms with E-state index in [0.717, 1.165) is 29.2 Å². The normalized spacial score (nSPS) is 15.2. The van der Waals surface area contributed by atoms with Crippen molar-refractivity contribution < 1.29 is 0 Å². The largest absolute Gasteiger partial charge is 0.335 e. The van der Waals surface area contributed by atoms with E-state index in [9.17, 15) is 0 Å². The lowest BCUT2D eigenvalue weighted by Gasteiger charge is -2.47. The Bertz CT molecular complexity index is 4290. The van der Waals surface area contributed by atoms with Gasteiger partial charge in [0.15, 0.2) is 0 Å². The highest BCUT2D eigenvalue weighted by molar-refractivity contribution is 6.95. The third-order valence-corrected chi connectivity index (χ3v) is 17.9. The van der Waals surface area contributed by atoms with E-state index in [2.05, 4.69) is 327 Å². The van der Waals surface area contributed by atoms with Crippen molar-refractivity contribution in [1.29, 1.82) is 0 Å². The molecule has 1 atom stereocenters. The van der Waals surface area contributed by atoms with Crippen LogP contribution >= 0.6 is 0 Å². The van der Waals surface area contributed by atoms with Crippen molar-refractivity contribution in [3.05, 3.63) is 270 Å². The van der Waals surface area contributed by atoms with Crippen molar-refractivity contribution in [3.8, 4) is 5.69 Å². The number of anilines is 3. The maximum atomic E-state index is 4.86. The summed E-state index contributed by atoms with van der Waals surface area (Å²) in [4.78, 5) is 5.33. The molecule has 84 heavy (non-hydrogen) atoms. The molecule has 12 rings (SSSR count). The van der Waals surface area contributed by atoms with Crippen molar-refractivity contribution in [2.24, 2.45) is 16.7 Å². The van der Waals surface area contributed by atoms with Gasteiger partial charge in [-0.25, -0.2) is 0 Å². The Morgan fingerprint density at radius 2 is 1.10 bits per heavy atom. The van der Waals surface area contributed by atoms with E-state index in [-0.39, 0.29) is 23.6 Å². The predicted molar refractivity (Wildman–Crippen MR) is 367 cm³/mol. The van der Waals surface area contributed by atoms with E-state index < -0.39 is 0 Å². The highest BCUT2D eigenvalue weighted by Crippen LogP contribution is 2.47. The fourth-order valence-electron chi connectivity index (χ4n) is 14.2. The van der Waals surface area contributed by atoms with Gasteiger partial charge in [-0.15, -0.1) is 0 Å². The van der Waals surface area contributed by atoms with Crippen LogP contribution < -0.4 is 20.7 Å². The summed E-state index contributed by atoms with van der Waals surface area (Å²) in [6, 6.07) is 72.0. The summed E-state index contributed by atoms with van der Waals surface area (Å²) in [5, 5.41) is 4.97. The van der Waals surface area contributed by atoms with Crippen LogP contribution in [0, 0.1) is 16.7 Å². The quantitative estimate of drug-likeness (QED) is 0.0845. The second-order valence-corrected chi connectivity index (χ2v) is 25.4. The molecule has 0 bridgehead atoms. The summed E-state index contributed by atoms with van der Waals surface area (Å²) in [7, 11) is 0. The minimum Gasteiger partial charge on any atom is -0.335 e. The molecule has 4 heterocycles. The lowest BCUT2D eigenvalue weighted by Crippen LogP contribution is -2.58. The second-order valence-electron chi connectivity index (χ2n) is 25.4. The zero-order valence-electron chi connectivity index (χ0n) is 51.3. The average Bonchev–Trinajstić information content (AvgIpc) is 1.19. The molecule has 0 saturated heterocycles. The maximum Gasteiger partial charge on any atom is 0.252 e. The number of allylic oxidation sites excluding steroid dienone is 11. The van der Waals surface area contributed by atoms with Crippen molar-refractivity contribution in [2.45, 2.75) is 95.5 Å². The molecular weight excluding hydrogens is 1020 g/mol. The van der Waals surface area contributed by atoms with Gasteiger partial charge in [0.25, 0.3) is 6.71 Å². The number of fused-ring (bicyclic) bond motifs is 8. The number of benzene rings is 8. The van der Waals surface area contributed by atoms with E-state index in [0.29, 0.717) is 5.92 Å². The van der Waals surface area contributed by atoms with Gasteiger partial charge in [0.1, 0.15) is 0 Å². The molecule has 0 amide bonds. The smallest absolute Gasteiger partial charge is 0.252 e. The van der Waals surface area contributed by atoms with Crippen LogP contribution in [0.1, 0.15) is 101 Å². The van der Waals surface area contributed by atoms with Crippen LogP contribution in [0.2, 0.25) is 0 Å². The SMILES string of the molecule is C=CC1=C(/C=C(\C)n2c3ccccc3c3ccccc32)N([C@@H](CC)/C(=C\C(=C/C)C(C)(C)C)c2ccccc2)c2cccc3c2B1c1ccc(-n2c4ccccc4c4ccccc42)cc1N3/C(C)=C(/C=C(\C(C)C)C(C)(C)C)c1ccccc1. The molecule has 2 aliphatic heterocycles. The molecule has 8 aromatic carbocycles. The molecule has 0 saturated carbocycles. The number of aromatic nitrogens is 2. The standard InChI is InChI=1S/C79H79BN4/c1-14-57(78(8,9)10)49-64(56-34-21-18-22-35-56)68(16-3)84-74-45-31-44-73-77(74)80(66(15-2)75(84)48-53(6)81-69-40-27-23-36-59(69)60-37-24-28-41-70(60)81)67-47-46-58(83-71-42-29-25-38-61(71)62-39-26-30-43-72(62)83)50-76(67)82(73)54(7)63(55-32-19-17-20-33-55)51-65(52(4)5)79(11,12)13/h14-15,17-52,68H,2,16H2,1,3-13H3/b53-48+,57-14+,63-54-,64-49-,65-51+/t68-/m0/s1. The van der Waals surface area contributed by atoms with E-state index >= 15 is 0 Å². The van der Waals surface area contributed by atoms with Crippen LogP contribution in [0.3, 0.4) is 0 Å². The molecule has 2 aromatic heterocycles. The maximum absolute atomic E-state index is 4.86. The van der Waals surface area contributed by atoms with E-state index in [1.807, 2.05) is 0 Å². The summed E-state index contributed by atoms with van der Waals surface area (Å²) in [5.74, 6) is 0.325. The summed E-state index contributed by atoms with van der Waals surface area (Å²) < 4.78 is 4.94. The average molecular weight is 1100 g/mol. The first-order chi connectivity index (χ1) is 40.5. The van der Waals surface area contributed by atoms with Gasteiger partial charge in [-0.1, -0.05) is 244 Å². The summed E-state index contributed by atoms with van der Waals surface area (Å²) in [6.45, 7) is 32.7. The first kappa shape index (κ1) is 55.7. The van der Waals surface area contributed by atoms with Crippen molar-refractivity contribution in [3.63, 3.8) is 0 Å². The Balaban J connectivity index is 1.22. The van der Waals surface area contributed by atoms with Crippen LogP contribution in [0.25, 0.3) is 66.1 Å². The first-order valence-electron chi connectivity index (χ1n) is 30.3. The molecule has 5 heteroatoms. The van der Waals surface area contributed by atoms with Crippen LogP contribution in [0.4, 0.5) is 17.1 Å². The Morgan fingerprint density at radius 3 is 1.62 bits per heavy atom. The Morgan fingerprint density at radius 1 is 0.571 bits per heavy atom. The Hall–Kier alpha value is -8.80. The van der Waals surface area contributed by atoms with Crippen molar-refractivity contribution in [2.75, 3.05) is 9.80 Å². The molecule has 0 radical (unpaired) electrons. The third-order valence-electron chi connectivity index (χ3n) is 17.9. The minimum absolute atomic E-state index is 0.0700. The van der Waals surface area contributed by atoms with Crippen molar-refractivity contribution in [1.82, 2.24) is 9.13 Å². The van der Waals surface area contributed by atoms with Gasteiger partial charge in [0.05, 0.1) is 28.1 Å². The van der Waals surface area contributed by atoms with Gasteiger partial charge in [0, 0.05) is 67.0 Å². The lowest BCUT2D eigenvalue weighted by atomic mass is 9.33. The van der Waals surface area contributed by atoms with Crippen LogP contribution in [-0.2, 0) is 0 Å². The molecule has 0 fully saturated rings. The first-order valence-corrected chi connectivity index (χ1v) is 30.3. The zero-order chi connectivity index (χ0) is 58.8. The molecule has 0 aliphatic carbocycles. The van der Waals surface area contributed by atoms with Crippen LogP contribution in [0.15, 0.2) is 259 Å². The van der Waals surface area contributed by atoms with Crippen molar-refractivity contribution >= 4 is 95.2 Å². The summed E-state index contributed by atoms with van der Waals surface area (Å²) in [5.41, 5.74) is 23.9. The topological polar surface area (TPSA) is 16.3 Å². The predicted octanol–water partition coefficient (Wildman–Crippen LogP) is 20.2. The lowest BCUT2D eigenvalue weighted by molar-refractivity contribution is 0.448. The van der Waals surface area contributed by atoms with Crippen LogP contribution in [0.5, 0.6) is 0 Å². The number of nitrogens with zero attached hydrogens (tertiary/aromatic N) is 4. The fourth-order valence-corrected chi connectivity index (χ4v) is 14.2. The van der Waals surface area contributed by atoms with Gasteiger partial charge < -0.3 is 18.9 Å². The van der Waals surface area contributed by atoms with Gasteiger partial charge in [-0.3, -0.25) is 0 Å². The number of rotatable bonds is 13. The second kappa shape index (κ2) is 22.1. The van der Waals surface area contributed by atoms with E-state index in [4.69, 9.17) is 6.58 Å². The van der Waals surface area contributed by atoms with E-state index in [1.54, 1.807) is 0 Å². The molecular formula is C79H79BN4. The highest BCUT2D eigenvalue weighted by atomic mass is 15.2. The molecule has 2 aliphatic rings. The van der Waals surface area contributed by atoms with E-state index in [1.165, 1.54) is 111 Å². The minimum atomic E-state index is -0.174. The molecule has 4 nitrogen and oxygen atoms in total. The summed E-state index contributed by atoms with van der Waals surface area (Å²) in [6.07, 6.45) is 12.8. The zero-order valence-corrected chi connectivity index (χ0v) is 51.3. The Kier molecular flexibility index (Phi) is 14.6. The number of para-hydroxylation sites is 4. The summed E-state index contributed by atoms with van der Waals surface area (Å²) >= 11 is 0. The van der Waals surface area contributed by atoms with Gasteiger partial charge in [0.2, 0.25) is 0 Å².